The first-order valence-electron chi connectivity index (χ1n) is 7.02. The number of hydrogen-bond acceptors (Lipinski definition) is 3. The summed E-state index contributed by atoms with van der Waals surface area (Å²) in [4.78, 5) is 2.35. The summed E-state index contributed by atoms with van der Waals surface area (Å²) in [5, 5.41) is 9.66. The van der Waals surface area contributed by atoms with E-state index in [1.54, 1.807) is 6.92 Å². The van der Waals surface area contributed by atoms with Gasteiger partial charge in [-0.1, -0.05) is 6.07 Å². The fourth-order valence-electron chi connectivity index (χ4n) is 3.00. The van der Waals surface area contributed by atoms with E-state index in [1.807, 2.05) is 12.1 Å². The van der Waals surface area contributed by atoms with Crippen molar-refractivity contribution in [3.8, 4) is 0 Å². The van der Waals surface area contributed by atoms with Crippen molar-refractivity contribution in [2.24, 2.45) is 0 Å². The molecule has 0 aromatic heterocycles. The molecule has 0 amide bonds. The van der Waals surface area contributed by atoms with Gasteiger partial charge in [-0.25, -0.2) is 0 Å². The third-order valence-corrected chi connectivity index (χ3v) is 4.13. The molecule has 2 rings (SSSR count). The molecular weight excluding hydrogens is 318 g/mol. The fourth-order valence-corrected chi connectivity index (χ4v) is 3.64. The minimum Gasteiger partial charge on any atom is -0.389 e. The average molecular weight is 342 g/mol. The van der Waals surface area contributed by atoms with E-state index < -0.39 is 6.10 Å². The van der Waals surface area contributed by atoms with Gasteiger partial charge in [0.1, 0.15) is 0 Å². The van der Waals surface area contributed by atoms with E-state index >= 15 is 0 Å². The van der Waals surface area contributed by atoms with Crippen molar-refractivity contribution in [2.45, 2.75) is 51.9 Å². The Morgan fingerprint density at radius 1 is 1.20 bits per heavy atom. The Bertz CT molecular complexity index is 481. The lowest BCUT2D eigenvalue weighted by Gasteiger charge is -2.48. The number of nitrogens with zero attached hydrogens (tertiary/aromatic N) is 1. The number of morpholine rings is 1. The number of hydrogen-bond donors (Lipinski definition) is 1. The zero-order valence-corrected chi connectivity index (χ0v) is 14.5. The van der Waals surface area contributed by atoms with E-state index in [1.165, 1.54) is 0 Å². The topological polar surface area (TPSA) is 32.7 Å². The van der Waals surface area contributed by atoms with Crippen LogP contribution in [0.3, 0.4) is 0 Å². The van der Waals surface area contributed by atoms with Gasteiger partial charge in [-0.3, -0.25) is 0 Å². The van der Waals surface area contributed by atoms with Gasteiger partial charge in [-0.2, -0.15) is 0 Å². The van der Waals surface area contributed by atoms with Crippen molar-refractivity contribution in [1.29, 1.82) is 0 Å². The highest BCUT2D eigenvalue weighted by Crippen LogP contribution is 2.36. The second-order valence-electron chi connectivity index (χ2n) is 6.86. The van der Waals surface area contributed by atoms with Crippen molar-refractivity contribution < 1.29 is 9.84 Å². The molecule has 0 aliphatic carbocycles. The Morgan fingerprint density at radius 3 is 2.20 bits per heavy atom. The molecule has 1 aliphatic heterocycles. The molecule has 1 aromatic rings. The summed E-state index contributed by atoms with van der Waals surface area (Å²) >= 11 is 3.63. The van der Waals surface area contributed by atoms with Gasteiger partial charge in [-0.05, 0) is 68.2 Å². The number of benzene rings is 1. The quantitative estimate of drug-likeness (QED) is 0.885. The number of aliphatic hydroxyl groups is 1. The van der Waals surface area contributed by atoms with Crippen molar-refractivity contribution in [1.82, 2.24) is 0 Å². The van der Waals surface area contributed by atoms with Gasteiger partial charge < -0.3 is 14.7 Å². The Kier molecular flexibility index (Phi) is 4.20. The molecule has 3 nitrogen and oxygen atoms in total. The summed E-state index contributed by atoms with van der Waals surface area (Å²) < 4.78 is 7.14. The minimum atomic E-state index is -0.446. The molecular formula is C16H24BrNO2. The zero-order valence-electron chi connectivity index (χ0n) is 12.9. The molecule has 1 saturated heterocycles. The van der Waals surface area contributed by atoms with Crippen LogP contribution in [0.1, 0.15) is 46.3 Å². The summed E-state index contributed by atoms with van der Waals surface area (Å²) in [7, 11) is 0. The second kappa shape index (κ2) is 5.32. The monoisotopic (exact) mass is 341 g/mol. The van der Waals surface area contributed by atoms with Crippen LogP contribution >= 0.6 is 15.9 Å². The molecule has 0 radical (unpaired) electrons. The number of halogens is 1. The highest BCUT2D eigenvalue weighted by Gasteiger charge is 2.38. The SMILES string of the molecule is C[C@H](O)c1ccc(N2CC(C)(C)OC(C)(C)C2)c(Br)c1. The van der Waals surface area contributed by atoms with Gasteiger partial charge in [0.25, 0.3) is 0 Å². The van der Waals surface area contributed by atoms with Crippen molar-refractivity contribution in [3.63, 3.8) is 0 Å². The van der Waals surface area contributed by atoms with Crippen LogP contribution < -0.4 is 4.90 Å². The largest absolute Gasteiger partial charge is 0.389 e. The predicted molar refractivity (Wildman–Crippen MR) is 86.2 cm³/mol. The molecule has 0 saturated carbocycles. The van der Waals surface area contributed by atoms with E-state index in [2.05, 4.69) is 54.6 Å². The number of rotatable bonds is 2. The number of aliphatic hydroxyl groups excluding tert-OH is 1. The van der Waals surface area contributed by atoms with Crippen LogP contribution in [0.15, 0.2) is 22.7 Å². The lowest BCUT2D eigenvalue weighted by atomic mass is 9.98. The third kappa shape index (κ3) is 3.54. The molecule has 1 N–H and O–H groups in total. The molecule has 112 valence electrons. The summed E-state index contributed by atoms with van der Waals surface area (Å²) in [5.41, 5.74) is 1.72. The molecule has 0 spiro atoms. The van der Waals surface area contributed by atoms with Gasteiger partial charge in [0.05, 0.1) is 23.0 Å². The molecule has 0 bridgehead atoms. The van der Waals surface area contributed by atoms with Gasteiger partial charge in [0.2, 0.25) is 0 Å². The average Bonchev–Trinajstić information content (AvgIpc) is 2.24. The summed E-state index contributed by atoms with van der Waals surface area (Å²) in [5.74, 6) is 0. The summed E-state index contributed by atoms with van der Waals surface area (Å²) in [6.07, 6.45) is -0.446. The second-order valence-corrected chi connectivity index (χ2v) is 7.72. The molecule has 1 fully saturated rings. The van der Waals surface area contributed by atoms with E-state index in [9.17, 15) is 5.11 Å². The Morgan fingerprint density at radius 2 is 1.75 bits per heavy atom. The van der Waals surface area contributed by atoms with Crippen LogP contribution in [0.2, 0.25) is 0 Å². The van der Waals surface area contributed by atoms with E-state index in [4.69, 9.17) is 4.74 Å². The molecule has 1 aliphatic rings. The smallest absolute Gasteiger partial charge is 0.0808 e. The maximum atomic E-state index is 9.66. The van der Waals surface area contributed by atoms with Gasteiger partial charge in [0, 0.05) is 17.6 Å². The molecule has 20 heavy (non-hydrogen) atoms. The molecule has 1 atom stereocenters. The first-order chi connectivity index (χ1) is 9.10. The number of anilines is 1. The van der Waals surface area contributed by atoms with Gasteiger partial charge in [0.15, 0.2) is 0 Å². The van der Waals surface area contributed by atoms with E-state index in [-0.39, 0.29) is 11.2 Å². The highest BCUT2D eigenvalue weighted by atomic mass is 79.9. The normalized spacial score (nSPS) is 22.6. The van der Waals surface area contributed by atoms with Gasteiger partial charge >= 0.3 is 0 Å². The first kappa shape index (κ1) is 15.8. The number of ether oxygens (including phenoxy) is 1. The van der Waals surface area contributed by atoms with E-state index in [0.29, 0.717) is 0 Å². The van der Waals surface area contributed by atoms with Crippen molar-refractivity contribution in [2.75, 3.05) is 18.0 Å². The van der Waals surface area contributed by atoms with E-state index in [0.717, 1.165) is 28.8 Å². The minimum absolute atomic E-state index is 0.176. The lowest BCUT2D eigenvalue weighted by Crippen LogP contribution is -2.57. The van der Waals surface area contributed by atoms with Crippen LogP contribution in [-0.2, 0) is 4.74 Å². The predicted octanol–water partition coefficient (Wildman–Crippen LogP) is 3.90. The molecule has 1 aromatic carbocycles. The first-order valence-corrected chi connectivity index (χ1v) is 7.82. The lowest BCUT2D eigenvalue weighted by molar-refractivity contribution is -0.133. The Hall–Kier alpha value is -0.580. The highest BCUT2D eigenvalue weighted by molar-refractivity contribution is 9.10. The summed E-state index contributed by atoms with van der Waals surface area (Å²) in [6, 6.07) is 6.05. The maximum absolute atomic E-state index is 9.66. The third-order valence-electron chi connectivity index (χ3n) is 3.49. The standard InChI is InChI=1S/C16H24BrNO2/c1-11(19)12-6-7-14(13(17)8-12)18-9-15(2,3)20-16(4,5)10-18/h6-8,11,19H,9-10H2,1-5H3/t11-/m0/s1. The van der Waals surface area contributed by atoms with Gasteiger partial charge in [-0.15, -0.1) is 0 Å². The Balaban J connectivity index is 2.31. The fraction of sp³-hybridized carbons (Fsp3) is 0.625. The maximum Gasteiger partial charge on any atom is 0.0808 e. The van der Waals surface area contributed by atoms with Crippen LogP contribution in [-0.4, -0.2) is 29.4 Å². The van der Waals surface area contributed by atoms with Crippen LogP contribution in [0.5, 0.6) is 0 Å². The van der Waals surface area contributed by atoms with Crippen LogP contribution in [0.4, 0.5) is 5.69 Å². The van der Waals surface area contributed by atoms with Crippen molar-refractivity contribution in [3.05, 3.63) is 28.2 Å². The van der Waals surface area contributed by atoms with Crippen LogP contribution in [0, 0.1) is 0 Å². The Labute approximate surface area is 130 Å². The summed E-state index contributed by atoms with van der Waals surface area (Å²) in [6.45, 7) is 12.0. The van der Waals surface area contributed by atoms with Crippen LogP contribution in [0.25, 0.3) is 0 Å². The molecule has 4 heteroatoms. The zero-order chi connectivity index (χ0) is 15.1. The van der Waals surface area contributed by atoms with Crippen molar-refractivity contribution >= 4 is 21.6 Å². The molecule has 0 unspecified atom stereocenters. The molecule has 1 heterocycles.